The Morgan fingerprint density at radius 2 is 1.83 bits per heavy atom. The molecule has 0 saturated carbocycles. The zero-order chi connectivity index (χ0) is 13.8. The molecule has 0 aliphatic rings. The van der Waals surface area contributed by atoms with Crippen LogP contribution in [0.5, 0.6) is 5.75 Å². The fourth-order valence-corrected chi connectivity index (χ4v) is 2.43. The number of alkyl halides is 3. The molecule has 1 aromatic rings. The molecule has 0 saturated heterocycles. The number of halogens is 3. The summed E-state index contributed by atoms with van der Waals surface area (Å²) in [6.07, 6.45) is -2.33. The molecule has 102 valence electrons. The number of rotatable bonds is 6. The van der Waals surface area contributed by atoms with Gasteiger partial charge >= 0.3 is 10.1 Å². The van der Waals surface area contributed by atoms with Gasteiger partial charge in [-0.05, 0) is 41.4 Å². The van der Waals surface area contributed by atoms with Crippen molar-refractivity contribution < 1.29 is 21.4 Å². The van der Waals surface area contributed by atoms with Crippen LogP contribution in [0, 0.1) is 6.92 Å². The van der Waals surface area contributed by atoms with E-state index in [1.807, 2.05) is 6.92 Å². The first-order chi connectivity index (χ1) is 8.30. The van der Waals surface area contributed by atoms with E-state index in [4.69, 9.17) is 4.18 Å². The van der Waals surface area contributed by atoms with Gasteiger partial charge in [-0.15, -0.1) is 0 Å². The molecule has 0 aromatic heterocycles. The van der Waals surface area contributed by atoms with Crippen LogP contribution < -0.4 is 4.18 Å². The minimum atomic E-state index is -3.90. The van der Waals surface area contributed by atoms with Gasteiger partial charge in [0.05, 0.1) is 5.75 Å². The Hall–Kier alpha value is -0.690. The van der Waals surface area contributed by atoms with Crippen LogP contribution >= 0.6 is 15.9 Å². The van der Waals surface area contributed by atoms with Crippen LogP contribution in [0.3, 0.4) is 0 Å². The van der Waals surface area contributed by atoms with Crippen LogP contribution in [0.15, 0.2) is 24.3 Å². The number of aryl methyl sites for hydroxylation is 1. The molecule has 0 aliphatic heterocycles. The molecule has 0 N–H and O–H groups in total. The zero-order valence-electron chi connectivity index (χ0n) is 9.65. The van der Waals surface area contributed by atoms with E-state index < -0.39 is 33.5 Å². The minimum absolute atomic E-state index is 0.159. The number of hydrogen-bond donors (Lipinski definition) is 0. The zero-order valence-corrected chi connectivity index (χ0v) is 12.0. The molecule has 0 aliphatic carbocycles. The Kier molecular flexibility index (Phi) is 5.52. The highest BCUT2D eigenvalue weighted by atomic mass is 79.9. The monoisotopic (exact) mass is 342 g/mol. The fourth-order valence-electron chi connectivity index (χ4n) is 1.17. The molecule has 1 rings (SSSR count). The SMILES string of the molecule is Cc1ccc(OS(=O)(=O)CCC(F)C(F)Br)cc1. The molecule has 0 fully saturated rings. The molecule has 0 heterocycles. The molecule has 0 bridgehead atoms. The van der Waals surface area contributed by atoms with Gasteiger partial charge in [-0.1, -0.05) is 17.7 Å². The second-order valence-corrected chi connectivity index (χ2v) is 6.36. The lowest BCUT2D eigenvalue weighted by atomic mass is 10.2. The first-order valence-corrected chi connectivity index (χ1v) is 7.70. The van der Waals surface area contributed by atoms with Gasteiger partial charge in [0.15, 0.2) is 5.08 Å². The standard InChI is InChI=1S/C11H13BrF2O3S/c1-8-2-4-9(5-3-8)17-18(15,16)7-6-10(13)11(12)14/h2-5,10-11H,6-7H2,1H3. The van der Waals surface area contributed by atoms with Crippen LogP contribution in [0.4, 0.5) is 8.78 Å². The third-order valence-electron chi connectivity index (χ3n) is 2.16. The van der Waals surface area contributed by atoms with Gasteiger partial charge in [-0.3, -0.25) is 0 Å². The maximum atomic E-state index is 12.9. The molecular weight excluding hydrogens is 330 g/mol. The van der Waals surface area contributed by atoms with Crippen molar-refractivity contribution >= 4 is 26.0 Å². The molecule has 0 radical (unpaired) electrons. The number of benzene rings is 1. The molecule has 7 heteroatoms. The summed E-state index contributed by atoms with van der Waals surface area (Å²) in [5, 5.41) is -1.87. The van der Waals surface area contributed by atoms with Crippen molar-refractivity contribution in [3.05, 3.63) is 29.8 Å². The fraction of sp³-hybridized carbons (Fsp3) is 0.455. The smallest absolute Gasteiger partial charge is 0.309 e. The molecule has 2 atom stereocenters. The van der Waals surface area contributed by atoms with E-state index in [0.29, 0.717) is 0 Å². The van der Waals surface area contributed by atoms with Gasteiger partial charge in [-0.25, -0.2) is 8.78 Å². The van der Waals surface area contributed by atoms with Gasteiger partial charge in [0, 0.05) is 0 Å². The normalized spacial score (nSPS) is 15.1. The summed E-state index contributed by atoms with van der Waals surface area (Å²) in [4.78, 5) is 0. The Morgan fingerprint density at radius 1 is 1.28 bits per heavy atom. The van der Waals surface area contributed by atoms with Gasteiger partial charge in [0.2, 0.25) is 0 Å². The van der Waals surface area contributed by atoms with E-state index in [0.717, 1.165) is 5.56 Å². The maximum Gasteiger partial charge on any atom is 0.309 e. The van der Waals surface area contributed by atoms with E-state index in [2.05, 4.69) is 15.9 Å². The molecular formula is C11H13BrF2O3S. The van der Waals surface area contributed by atoms with Crippen LogP contribution in [0.2, 0.25) is 0 Å². The predicted octanol–water partition coefficient (Wildman–Crippen LogP) is 3.12. The largest absolute Gasteiger partial charge is 0.382 e. The summed E-state index contributed by atoms with van der Waals surface area (Å²) in [6.45, 7) is 1.85. The highest BCUT2D eigenvalue weighted by Crippen LogP contribution is 2.18. The van der Waals surface area contributed by atoms with Gasteiger partial charge in [0.25, 0.3) is 0 Å². The van der Waals surface area contributed by atoms with E-state index in [9.17, 15) is 17.2 Å². The predicted molar refractivity (Wildman–Crippen MR) is 68.9 cm³/mol. The summed E-state index contributed by atoms with van der Waals surface area (Å²) >= 11 is 2.40. The second kappa shape index (κ2) is 6.47. The molecule has 1 aromatic carbocycles. The van der Waals surface area contributed by atoms with Gasteiger partial charge in [0.1, 0.15) is 11.9 Å². The van der Waals surface area contributed by atoms with Crippen molar-refractivity contribution in [1.29, 1.82) is 0 Å². The van der Waals surface area contributed by atoms with Gasteiger partial charge < -0.3 is 4.18 Å². The van der Waals surface area contributed by atoms with E-state index in [1.165, 1.54) is 12.1 Å². The summed E-state index contributed by atoms with van der Waals surface area (Å²) < 4.78 is 53.1. The van der Waals surface area contributed by atoms with Crippen molar-refractivity contribution in [2.24, 2.45) is 0 Å². The highest BCUT2D eigenvalue weighted by Gasteiger charge is 2.21. The summed E-state index contributed by atoms with van der Waals surface area (Å²) in [5.41, 5.74) is 0.961. The third kappa shape index (κ3) is 5.30. The Labute approximate surface area is 113 Å². The maximum absolute atomic E-state index is 12.9. The van der Waals surface area contributed by atoms with Crippen molar-refractivity contribution in [1.82, 2.24) is 0 Å². The van der Waals surface area contributed by atoms with E-state index in [-0.39, 0.29) is 5.75 Å². The van der Waals surface area contributed by atoms with Crippen molar-refractivity contribution in [3.63, 3.8) is 0 Å². The lowest BCUT2D eigenvalue weighted by Gasteiger charge is -2.09. The van der Waals surface area contributed by atoms with Crippen LogP contribution in [0.25, 0.3) is 0 Å². The summed E-state index contributed by atoms with van der Waals surface area (Å²) in [5.74, 6) is -0.416. The first kappa shape index (κ1) is 15.4. The van der Waals surface area contributed by atoms with Crippen molar-refractivity contribution in [3.8, 4) is 5.75 Å². The molecule has 0 spiro atoms. The van der Waals surface area contributed by atoms with Crippen molar-refractivity contribution in [2.75, 3.05) is 5.75 Å². The first-order valence-electron chi connectivity index (χ1n) is 5.21. The van der Waals surface area contributed by atoms with E-state index >= 15 is 0 Å². The summed E-state index contributed by atoms with van der Waals surface area (Å²) in [6, 6.07) is 6.39. The average molecular weight is 343 g/mol. The minimum Gasteiger partial charge on any atom is -0.382 e. The Bertz CT molecular complexity index is 474. The summed E-state index contributed by atoms with van der Waals surface area (Å²) in [7, 11) is -3.90. The molecule has 0 amide bonds. The van der Waals surface area contributed by atoms with Crippen LogP contribution in [0.1, 0.15) is 12.0 Å². The quantitative estimate of drug-likeness (QED) is 0.589. The average Bonchev–Trinajstić information content (AvgIpc) is 2.29. The third-order valence-corrected chi connectivity index (χ3v) is 3.92. The Balaban J connectivity index is 2.57. The lowest BCUT2D eigenvalue weighted by Crippen LogP contribution is -2.20. The molecule has 18 heavy (non-hydrogen) atoms. The number of hydrogen-bond acceptors (Lipinski definition) is 3. The highest BCUT2D eigenvalue weighted by molar-refractivity contribution is 9.09. The molecule has 2 unspecified atom stereocenters. The van der Waals surface area contributed by atoms with Crippen LogP contribution in [-0.4, -0.2) is 25.4 Å². The Morgan fingerprint density at radius 3 is 2.33 bits per heavy atom. The molecule has 3 nitrogen and oxygen atoms in total. The van der Waals surface area contributed by atoms with Gasteiger partial charge in [-0.2, -0.15) is 8.42 Å². The second-order valence-electron chi connectivity index (χ2n) is 3.80. The van der Waals surface area contributed by atoms with Crippen molar-refractivity contribution in [2.45, 2.75) is 24.6 Å². The topological polar surface area (TPSA) is 43.4 Å². The van der Waals surface area contributed by atoms with Crippen LogP contribution in [-0.2, 0) is 10.1 Å². The lowest BCUT2D eigenvalue weighted by molar-refractivity contribution is 0.234. The van der Waals surface area contributed by atoms with E-state index in [1.54, 1.807) is 12.1 Å².